The summed E-state index contributed by atoms with van der Waals surface area (Å²) < 4.78 is 16.3. The van der Waals surface area contributed by atoms with Crippen LogP contribution in [0.3, 0.4) is 0 Å². The van der Waals surface area contributed by atoms with Gasteiger partial charge in [-0.15, -0.1) is 0 Å². The third kappa shape index (κ3) is 3.26. The minimum atomic E-state index is -0.0435. The molecule has 0 radical (unpaired) electrons. The van der Waals surface area contributed by atoms with Gasteiger partial charge in [-0.3, -0.25) is 4.79 Å². The molecule has 0 aliphatic heterocycles. The average Bonchev–Trinajstić information content (AvgIpc) is 2.72. The molecule has 0 amide bonds. The summed E-state index contributed by atoms with van der Waals surface area (Å²) >= 11 is 0. The minimum absolute atomic E-state index is 0.0435. The molecule has 0 atom stereocenters. The zero-order chi connectivity index (χ0) is 18.5. The number of carbonyl (C=O) groups is 1. The van der Waals surface area contributed by atoms with Gasteiger partial charge in [0.2, 0.25) is 0 Å². The molecule has 4 nitrogen and oxygen atoms in total. The number of benzene rings is 3. The predicted octanol–water partition coefficient (Wildman–Crippen LogP) is 4.61. The molecule has 0 bridgehead atoms. The van der Waals surface area contributed by atoms with Gasteiger partial charge in [-0.25, -0.2) is 0 Å². The lowest BCUT2D eigenvalue weighted by atomic mass is 9.93. The first-order valence-electron chi connectivity index (χ1n) is 8.18. The summed E-state index contributed by atoms with van der Waals surface area (Å²) in [5.74, 6) is 1.71. The highest BCUT2D eigenvalue weighted by Crippen LogP contribution is 2.41. The third-order valence-electron chi connectivity index (χ3n) is 4.20. The Bertz CT molecular complexity index is 917. The number of rotatable bonds is 6. The van der Waals surface area contributed by atoms with Crippen molar-refractivity contribution in [2.45, 2.75) is 0 Å². The van der Waals surface area contributed by atoms with Crippen molar-refractivity contribution in [2.75, 3.05) is 21.3 Å². The number of methoxy groups -OCH3 is 3. The normalized spacial score (nSPS) is 10.3. The van der Waals surface area contributed by atoms with Crippen LogP contribution in [0.4, 0.5) is 0 Å². The van der Waals surface area contributed by atoms with E-state index in [9.17, 15) is 4.79 Å². The van der Waals surface area contributed by atoms with E-state index in [4.69, 9.17) is 14.2 Å². The van der Waals surface area contributed by atoms with Crippen molar-refractivity contribution in [3.05, 3.63) is 77.9 Å². The van der Waals surface area contributed by atoms with E-state index in [1.807, 2.05) is 60.7 Å². The first kappa shape index (κ1) is 17.5. The fourth-order valence-electron chi connectivity index (χ4n) is 2.90. The van der Waals surface area contributed by atoms with E-state index in [2.05, 4.69) is 0 Å². The first-order chi connectivity index (χ1) is 12.7. The molecule has 0 unspecified atom stereocenters. The summed E-state index contributed by atoms with van der Waals surface area (Å²) in [6.07, 6.45) is 0. The molecule has 3 rings (SSSR count). The highest BCUT2D eigenvalue weighted by Gasteiger charge is 2.19. The zero-order valence-electron chi connectivity index (χ0n) is 15.0. The Morgan fingerprint density at radius 2 is 1.23 bits per heavy atom. The van der Waals surface area contributed by atoms with Crippen LogP contribution in [0.15, 0.2) is 66.7 Å². The topological polar surface area (TPSA) is 44.8 Å². The summed E-state index contributed by atoms with van der Waals surface area (Å²) in [5, 5.41) is 0. The Kier molecular flexibility index (Phi) is 5.23. The minimum Gasteiger partial charge on any atom is -0.496 e. The second-order valence-corrected chi connectivity index (χ2v) is 5.65. The quantitative estimate of drug-likeness (QED) is 0.610. The predicted molar refractivity (Wildman–Crippen MR) is 101 cm³/mol. The van der Waals surface area contributed by atoms with E-state index < -0.39 is 0 Å². The molecular formula is C22H20O4. The molecule has 0 heterocycles. The number of ether oxygens (including phenoxy) is 3. The van der Waals surface area contributed by atoms with E-state index in [0.29, 0.717) is 28.4 Å². The monoisotopic (exact) mass is 348 g/mol. The van der Waals surface area contributed by atoms with Gasteiger partial charge in [0.15, 0.2) is 17.3 Å². The van der Waals surface area contributed by atoms with Gasteiger partial charge >= 0.3 is 0 Å². The van der Waals surface area contributed by atoms with Crippen LogP contribution < -0.4 is 14.2 Å². The second-order valence-electron chi connectivity index (χ2n) is 5.65. The average molecular weight is 348 g/mol. The highest BCUT2D eigenvalue weighted by atomic mass is 16.5. The first-order valence-corrected chi connectivity index (χ1v) is 8.18. The summed E-state index contributed by atoms with van der Waals surface area (Å²) in [7, 11) is 4.74. The Hall–Kier alpha value is -3.27. The van der Waals surface area contributed by atoms with Crippen molar-refractivity contribution in [3.8, 4) is 28.4 Å². The molecule has 0 aliphatic carbocycles. The fraction of sp³-hybridized carbons (Fsp3) is 0.136. The number of hydrogen-bond donors (Lipinski definition) is 0. The molecular weight excluding hydrogens is 328 g/mol. The lowest BCUT2D eigenvalue weighted by Crippen LogP contribution is -2.04. The molecule has 26 heavy (non-hydrogen) atoms. The van der Waals surface area contributed by atoms with Gasteiger partial charge in [-0.1, -0.05) is 54.6 Å². The SMILES string of the molecule is COc1cc(OC)c(-c2ccccc2C(=O)c2ccccc2)cc1OC. The van der Waals surface area contributed by atoms with Crippen LogP contribution in [0.2, 0.25) is 0 Å². The van der Waals surface area contributed by atoms with Crippen molar-refractivity contribution >= 4 is 5.78 Å². The van der Waals surface area contributed by atoms with Gasteiger partial charge in [-0.2, -0.15) is 0 Å². The van der Waals surface area contributed by atoms with Crippen LogP contribution in [0.5, 0.6) is 17.2 Å². The third-order valence-corrected chi connectivity index (χ3v) is 4.20. The Labute approximate surface area is 153 Å². The van der Waals surface area contributed by atoms with Gasteiger partial charge in [0.25, 0.3) is 0 Å². The lowest BCUT2D eigenvalue weighted by molar-refractivity contribution is 0.103. The van der Waals surface area contributed by atoms with E-state index in [1.165, 1.54) is 0 Å². The number of ketones is 1. The summed E-state index contributed by atoms with van der Waals surface area (Å²) in [5.41, 5.74) is 2.79. The smallest absolute Gasteiger partial charge is 0.193 e. The maximum Gasteiger partial charge on any atom is 0.193 e. The molecule has 0 fully saturated rings. The van der Waals surface area contributed by atoms with Crippen molar-refractivity contribution < 1.29 is 19.0 Å². The van der Waals surface area contributed by atoms with E-state index >= 15 is 0 Å². The molecule has 0 aliphatic rings. The molecule has 4 heteroatoms. The van der Waals surface area contributed by atoms with Crippen LogP contribution in [-0.2, 0) is 0 Å². The fourth-order valence-corrected chi connectivity index (χ4v) is 2.90. The van der Waals surface area contributed by atoms with Gasteiger partial charge < -0.3 is 14.2 Å². The molecule has 3 aromatic carbocycles. The zero-order valence-corrected chi connectivity index (χ0v) is 15.0. The van der Waals surface area contributed by atoms with Gasteiger partial charge in [0.05, 0.1) is 21.3 Å². The van der Waals surface area contributed by atoms with Crippen molar-refractivity contribution in [3.63, 3.8) is 0 Å². The van der Waals surface area contributed by atoms with Crippen molar-refractivity contribution in [2.24, 2.45) is 0 Å². The summed E-state index contributed by atoms with van der Waals surface area (Å²) in [4.78, 5) is 13.0. The van der Waals surface area contributed by atoms with Crippen molar-refractivity contribution in [1.29, 1.82) is 0 Å². The van der Waals surface area contributed by atoms with Gasteiger partial charge in [-0.05, 0) is 11.6 Å². The Morgan fingerprint density at radius 1 is 0.654 bits per heavy atom. The van der Waals surface area contributed by atoms with Crippen LogP contribution in [0.25, 0.3) is 11.1 Å². The summed E-state index contributed by atoms with van der Waals surface area (Å²) in [6, 6.07) is 20.3. The maximum absolute atomic E-state index is 13.0. The molecule has 3 aromatic rings. The molecule has 0 N–H and O–H groups in total. The van der Waals surface area contributed by atoms with Crippen LogP contribution in [0.1, 0.15) is 15.9 Å². The van der Waals surface area contributed by atoms with Crippen LogP contribution >= 0.6 is 0 Å². The second kappa shape index (κ2) is 7.74. The Morgan fingerprint density at radius 3 is 1.88 bits per heavy atom. The largest absolute Gasteiger partial charge is 0.496 e. The van der Waals surface area contributed by atoms with Gasteiger partial charge in [0, 0.05) is 22.8 Å². The van der Waals surface area contributed by atoms with Gasteiger partial charge in [0.1, 0.15) is 5.75 Å². The Balaban J connectivity index is 2.18. The lowest BCUT2D eigenvalue weighted by Gasteiger charge is -2.16. The molecule has 0 saturated heterocycles. The maximum atomic E-state index is 13.0. The molecule has 0 aromatic heterocycles. The number of carbonyl (C=O) groups excluding carboxylic acids is 1. The standard InChI is InChI=1S/C22H20O4/c1-24-19-14-21(26-3)20(25-2)13-18(19)16-11-7-8-12-17(16)22(23)15-9-5-4-6-10-15/h4-14H,1-3H3. The van der Waals surface area contributed by atoms with E-state index in [-0.39, 0.29) is 5.78 Å². The summed E-state index contributed by atoms with van der Waals surface area (Å²) in [6.45, 7) is 0. The van der Waals surface area contributed by atoms with Crippen molar-refractivity contribution in [1.82, 2.24) is 0 Å². The highest BCUT2D eigenvalue weighted by molar-refractivity contribution is 6.13. The van der Waals surface area contributed by atoms with E-state index in [1.54, 1.807) is 27.4 Å². The van der Waals surface area contributed by atoms with Crippen LogP contribution in [-0.4, -0.2) is 27.1 Å². The molecule has 0 saturated carbocycles. The van der Waals surface area contributed by atoms with Crippen LogP contribution in [0, 0.1) is 0 Å². The molecule has 0 spiro atoms. The molecule has 132 valence electrons. The number of hydrogen-bond acceptors (Lipinski definition) is 4. The van der Waals surface area contributed by atoms with E-state index in [0.717, 1.165) is 11.1 Å².